The maximum absolute atomic E-state index is 5.56. The zero-order valence-electron chi connectivity index (χ0n) is 9.26. The van der Waals surface area contributed by atoms with E-state index in [1.54, 1.807) is 12.3 Å². The van der Waals surface area contributed by atoms with Crippen LogP contribution in [0.3, 0.4) is 0 Å². The molecule has 0 amide bonds. The summed E-state index contributed by atoms with van der Waals surface area (Å²) in [6.45, 7) is 5.22. The van der Waals surface area contributed by atoms with Crippen LogP contribution in [-0.4, -0.2) is 49.3 Å². The first-order chi connectivity index (χ1) is 7.84. The number of nitrogens with two attached hydrogens (primary N) is 1. The minimum absolute atomic E-state index is 0.514. The molecule has 0 unspecified atom stereocenters. The fourth-order valence-electron chi connectivity index (χ4n) is 1.59. The second-order valence-electron chi connectivity index (χ2n) is 3.72. The lowest BCUT2D eigenvalue weighted by molar-refractivity contribution is 0.0322. The summed E-state index contributed by atoms with van der Waals surface area (Å²) in [5, 5.41) is 0. The number of hydrogen-bond acceptors (Lipinski definition) is 5. The van der Waals surface area contributed by atoms with Crippen LogP contribution in [0, 0.1) is 0 Å². The van der Waals surface area contributed by atoms with Crippen molar-refractivity contribution in [3.63, 3.8) is 0 Å². The van der Waals surface area contributed by atoms with Gasteiger partial charge in [0.15, 0.2) is 0 Å². The Bertz CT molecular complexity index is 310. The number of pyridine rings is 1. The molecule has 0 aromatic carbocycles. The molecule has 0 radical (unpaired) electrons. The van der Waals surface area contributed by atoms with Gasteiger partial charge in [-0.3, -0.25) is 4.90 Å². The summed E-state index contributed by atoms with van der Waals surface area (Å²) < 4.78 is 10.8. The molecule has 0 spiro atoms. The smallest absolute Gasteiger partial charge is 0.137 e. The van der Waals surface area contributed by atoms with Crippen LogP contribution in [0.25, 0.3) is 0 Å². The van der Waals surface area contributed by atoms with Gasteiger partial charge in [0, 0.05) is 19.6 Å². The lowest BCUT2D eigenvalue weighted by Crippen LogP contribution is -2.38. The van der Waals surface area contributed by atoms with Crippen LogP contribution in [0.4, 0.5) is 5.82 Å². The van der Waals surface area contributed by atoms with Gasteiger partial charge in [-0.1, -0.05) is 0 Å². The summed E-state index contributed by atoms with van der Waals surface area (Å²) in [4.78, 5) is 6.29. The Morgan fingerprint density at radius 1 is 1.38 bits per heavy atom. The number of anilines is 1. The van der Waals surface area contributed by atoms with Crippen LogP contribution in [0.15, 0.2) is 18.3 Å². The summed E-state index contributed by atoms with van der Waals surface area (Å²) in [5.41, 5.74) is 5.48. The summed E-state index contributed by atoms with van der Waals surface area (Å²) >= 11 is 0. The Morgan fingerprint density at radius 3 is 2.88 bits per heavy atom. The van der Waals surface area contributed by atoms with Gasteiger partial charge in [-0.05, 0) is 12.1 Å². The maximum atomic E-state index is 5.56. The number of nitrogen functional groups attached to an aromatic ring is 1. The number of rotatable bonds is 4. The van der Waals surface area contributed by atoms with Crippen LogP contribution in [0.1, 0.15) is 0 Å². The van der Waals surface area contributed by atoms with Crippen molar-refractivity contribution < 1.29 is 9.47 Å². The van der Waals surface area contributed by atoms with Crippen molar-refractivity contribution in [1.29, 1.82) is 0 Å². The molecule has 0 atom stereocenters. The van der Waals surface area contributed by atoms with E-state index in [2.05, 4.69) is 9.88 Å². The molecule has 5 nitrogen and oxygen atoms in total. The molecule has 0 bridgehead atoms. The van der Waals surface area contributed by atoms with Crippen molar-refractivity contribution in [2.75, 3.05) is 45.2 Å². The molecule has 2 heterocycles. The van der Waals surface area contributed by atoms with Crippen LogP contribution < -0.4 is 10.5 Å². The van der Waals surface area contributed by atoms with E-state index in [4.69, 9.17) is 15.2 Å². The Morgan fingerprint density at radius 2 is 2.19 bits per heavy atom. The zero-order valence-corrected chi connectivity index (χ0v) is 9.26. The van der Waals surface area contributed by atoms with Crippen LogP contribution in [-0.2, 0) is 4.74 Å². The molecule has 2 rings (SSSR count). The van der Waals surface area contributed by atoms with E-state index >= 15 is 0 Å². The van der Waals surface area contributed by atoms with Gasteiger partial charge in [0.25, 0.3) is 0 Å². The summed E-state index contributed by atoms with van der Waals surface area (Å²) in [6, 6.07) is 3.58. The molecule has 88 valence electrons. The topological polar surface area (TPSA) is 60.6 Å². The van der Waals surface area contributed by atoms with Crippen molar-refractivity contribution >= 4 is 5.82 Å². The predicted octanol–water partition coefficient (Wildman–Crippen LogP) is 0.375. The van der Waals surface area contributed by atoms with E-state index in [-0.39, 0.29) is 0 Å². The Kier molecular flexibility index (Phi) is 3.96. The summed E-state index contributed by atoms with van der Waals surface area (Å²) in [5.74, 6) is 1.28. The molecule has 1 aromatic rings. The maximum Gasteiger partial charge on any atom is 0.137 e. The standard InChI is InChI=1S/C11H17N3O2/c12-11-2-1-10(9-13-11)16-8-5-14-3-6-15-7-4-14/h1-2,9H,3-8H2,(H2,12,13). The van der Waals surface area contributed by atoms with E-state index in [1.165, 1.54) is 0 Å². The molecule has 2 N–H and O–H groups in total. The first-order valence-corrected chi connectivity index (χ1v) is 5.49. The molecular formula is C11H17N3O2. The Labute approximate surface area is 95.2 Å². The zero-order chi connectivity index (χ0) is 11.2. The first-order valence-electron chi connectivity index (χ1n) is 5.49. The second kappa shape index (κ2) is 5.67. The quantitative estimate of drug-likeness (QED) is 0.799. The van der Waals surface area contributed by atoms with Crippen molar-refractivity contribution in [3.8, 4) is 5.75 Å². The molecule has 1 aliphatic rings. The molecule has 0 saturated carbocycles. The molecule has 1 fully saturated rings. The van der Waals surface area contributed by atoms with Crippen molar-refractivity contribution in [1.82, 2.24) is 9.88 Å². The van der Waals surface area contributed by atoms with Crippen molar-refractivity contribution in [2.24, 2.45) is 0 Å². The van der Waals surface area contributed by atoms with Gasteiger partial charge in [0.2, 0.25) is 0 Å². The monoisotopic (exact) mass is 223 g/mol. The number of morpholine rings is 1. The Hall–Kier alpha value is -1.33. The highest BCUT2D eigenvalue weighted by molar-refractivity contribution is 5.31. The number of ether oxygens (including phenoxy) is 2. The van der Waals surface area contributed by atoms with E-state index < -0.39 is 0 Å². The fraction of sp³-hybridized carbons (Fsp3) is 0.545. The highest BCUT2D eigenvalue weighted by Gasteiger charge is 2.09. The third-order valence-corrected chi connectivity index (χ3v) is 2.54. The average Bonchev–Trinajstić information content (AvgIpc) is 2.33. The number of hydrogen-bond donors (Lipinski definition) is 1. The lowest BCUT2D eigenvalue weighted by atomic mass is 10.4. The van der Waals surface area contributed by atoms with Crippen molar-refractivity contribution in [3.05, 3.63) is 18.3 Å². The van der Waals surface area contributed by atoms with Crippen molar-refractivity contribution in [2.45, 2.75) is 0 Å². The van der Waals surface area contributed by atoms with E-state index in [9.17, 15) is 0 Å². The third-order valence-electron chi connectivity index (χ3n) is 2.54. The minimum Gasteiger partial charge on any atom is -0.491 e. The van der Waals surface area contributed by atoms with Crippen LogP contribution >= 0.6 is 0 Å². The van der Waals surface area contributed by atoms with E-state index in [1.807, 2.05) is 6.07 Å². The van der Waals surface area contributed by atoms with Crippen LogP contribution in [0.5, 0.6) is 5.75 Å². The highest BCUT2D eigenvalue weighted by atomic mass is 16.5. The molecule has 1 aliphatic heterocycles. The van der Waals surface area contributed by atoms with Gasteiger partial charge in [-0.25, -0.2) is 4.98 Å². The molecule has 16 heavy (non-hydrogen) atoms. The minimum atomic E-state index is 0.514. The van der Waals surface area contributed by atoms with Gasteiger partial charge >= 0.3 is 0 Å². The normalized spacial score (nSPS) is 17.2. The fourth-order valence-corrected chi connectivity index (χ4v) is 1.59. The molecule has 1 aromatic heterocycles. The number of aromatic nitrogens is 1. The van der Waals surface area contributed by atoms with Gasteiger partial charge in [0.05, 0.1) is 19.4 Å². The van der Waals surface area contributed by atoms with Gasteiger partial charge in [0.1, 0.15) is 18.2 Å². The van der Waals surface area contributed by atoms with Gasteiger partial charge in [-0.15, -0.1) is 0 Å². The third kappa shape index (κ3) is 3.36. The van der Waals surface area contributed by atoms with E-state index in [0.29, 0.717) is 12.4 Å². The molecule has 0 aliphatic carbocycles. The predicted molar refractivity (Wildman–Crippen MR) is 61.4 cm³/mol. The largest absolute Gasteiger partial charge is 0.491 e. The molecule has 1 saturated heterocycles. The SMILES string of the molecule is Nc1ccc(OCCN2CCOCC2)cn1. The summed E-state index contributed by atoms with van der Waals surface area (Å²) in [6.07, 6.45) is 1.65. The van der Waals surface area contributed by atoms with Gasteiger partial charge < -0.3 is 15.2 Å². The highest BCUT2D eigenvalue weighted by Crippen LogP contribution is 2.09. The number of nitrogens with zero attached hydrogens (tertiary/aromatic N) is 2. The molecule has 5 heteroatoms. The van der Waals surface area contributed by atoms with Crippen LogP contribution in [0.2, 0.25) is 0 Å². The Balaban J connectivity index is 1.69. The first kappa shape index (κ1) is 11.2. The lowest BCUT2D eigenvalue weighted by Gasteiger charge is -2.26. The second-order valence-corrected chi connectivity index (χ2v) is 3.72. The summed E-state index contributed by atoms with van der Waals surface area (Å²) in [7, 11) is 0. The molecular weight excluding hydrogens is 206 g/mol. The average molecular weight is 223 g/mol. The van der Waals surface area contributed by atoms with Gasteiger partial charge in [-0.2, -0.15) is 0 Å². The van der Waals surface area contributed by atoms with E-state index in [0.717, 1.165) is 38.6 Å².